The Labute approximate surface area is 129 Å². The van der Waals surface area contributed by atoms with Crippen molar-refractivity contribution < 1.29 is 8.97 Å². The molecule has 21 heavy (non-hydrogen) atoms. The zero-order chi connectivity index (χ0) is 15.8. The first kappa shape index (κ1) is 16.1. The summed E-state index contributed by atoms with van der Waals surface area (Å²) in [4.78, 5) is 2.58. The normalized spacial score (nSPS) is 23.6. The van der Waals surface area contributed by atoms with Crippen molar-refractivity contribution in [3.8, 4) is 0 Å². The molecule has 0 spiro atoms. The van der Waals surface area contributed by atoms with Gasteiger partial charge >= 0.3 is 0 Å². The van der Waals surface area contributed by atoms with E-state index in [-0.39, 0.29) is 0 Å². The molecule has 0 aliphatic carbocycles. The molecule has 1 aromatic rings. The minimum atomic E-state index is 0.593. The van der Waals surface area contributed by atoms with E-state index in [9.17, 15) is 0 Å². The van der Waals surface area contributed by atoms with Crippen LogP contribution in [0.25, 0.3) is 0 Å². The Hall–Kier alpha value is -1.26. The molecule has 0 radical (unpaired) electrons. The van der Waals surface area contributed by atoms with E-state index in [1.807, 2.05) is 12.1 Å². The molecule has 4 nitrogen and oxygen atoms in total. The Morgan fingerprint density at radius 2 is 1.62 bits per heavy atom. The summed E-state index contributed by atoms with van der Waals surface area (Å²) in [5.74, 6) is 0. The van der Waals surface area contributed by atoms with Gasteiger partial charge in [-0.15, -0.1) is 0 Å². The van der Waals surface area contributed by atoms with Crippen molar-refractivity contribution in [2.45, 2.75) is 18.5 Å². The molecule has 0 amide bonds. The molecule has 1 heterocycles. The number of benzene rings is 1. The molecular weight excluding hydrogens is 260 g/mol. The number of nitrogens with zero attached hydrogens (tertiary/aromatic N) is 3. The van der Waals surface area contributed by atoms with Gasteiger partial charge in [-0.3, -0.25) is 0 Å². The van der Waals surface area contributed by atoms with Crippen LogP contribution in [-0.2, 0) is 0 Å². The molecule has 1 aliphatic rings. The minimum absolute atomic E-state index is 0.593. The predicted molar refractivity (Wildman–Crippen MR) is 91.3 cm³/mol. The van der Waals surface area contributed by atoms with E-state index >= 15 is 0 Å². The van der Waals surface area contributed by atoms with Gasteiger partial charge in [0.25, 0.3) is 0 Å². The van der Waals surface area contributed by atoms with Gasteiger partial charge in [0.05, 0.1) is 61.4 Å². The zero-order valence-electron chi connectivity index (χ0n) is 14.5. The number of nitrogens with two attached hydrogens (primary N) is 1. The van der Waals surface area contributed by atoms with Gasteiger partial charge in [0.1, 0.15) is 6.04 Å². The van der Waals surface area contributed by atoms with Crippen molar-refractivity contribution in [3.05, 3.63) is 24.3 Å². The van der Waals surface area contributed by atoms with Crippen LogP contribution in [-0.4, -0.2) is 76.4 Å². The highest BCUT2D eigenvalue weighted by Gasteiger charge is 2.41. The van der Waals surface area contributed by atoms with E-state index in [0.717, 1.165) is 21.2 Å². The summed E-state index contributed by atoms with van der Waals surface area (Å²) in [5.41, 5.74) is 7.98. The van der Waals surface area contributed by atoms with Gasteiger partial charge in [-0.2, -0.15) is 0 Å². The molecule has 1 saturated heterocycles. The van der Waals surface area contributed by atoms with Crippen LogP contribution in [0.5, 0.6) is 0 Å². The lowest BCUT2D eigenvalue weighted by molar-refractivity contribution is -0.894. The van der Waals surface area contributed by atoms with Crippen LogP contribution in [0.3, 0.4) is 0 Å². The van der Waals surface area contributed by atoms with Gasteiger partial charge in [-0.05, 0) is 24.3 Å². The highest BCUT2D eigenvalue weighted by Crippen LogP contribution is 2.30. The Bertz CT molecular complexity index is 467. The monoisotopic (exact) mass is 292 g/mol. The van der Waals surface area contributed by atoms with Crippen molar-refractivity contribution in [2.75, 3.05) is 66.0 Å². The summed E-state index contributed by atoms with van der Waals surface area (Å²) in [6, 6.07) is 9.62. The number of hydrogen-bond donors (Lipinski definition) is 1. The van der Waals surface area contributed by atoms with Gasteiger partial charge in [0.2, 0.25) is 0 Å². The molecule has 2 atom stereocenters. The maximum absolute atomic E-state index is 5.83. The number of rotatable bonds is 4. The largest absolute Gasteiger partial charge is 0.399 e. The van der Waals surface area contributed by atoms with Crippen LogP contribution in [0.15, 0.2) is 24.3 Å². The van der Waals surface area contributed by atoms with Gasteiger partial charge in [0.15, 0.2) is 0 Å². The Balaban J connectivity index is 2.24. The molecule has 0 bridgehead atoms. The molecule has 0 saturated carbocycles. The molecule has 2 unspecified atom stereocenters. The van der Waals surface area contributed by atoms with Crippen molar-refractivity contribution in [1.82, 2.24) is 0 Å². The van der Waals surface area contributed by atoms with Crippen LogP contribution < -0.4 is 10.6 Å². The zero-order valence-corrected chi connectivity index (χ0v) is 14.5. The molecule has 2 rings (SSSR count). The average Bonchev–Trinajstić information content (AvgIpc) is 2.71. The summed E-state index contributed by atoms with van der Waals surface area (Å²) in [7, 11) is 13.8. The molecule has 2 N–H and O–H groups in total. The first-order valence-corrected chi connectivity index (χ1v) is 7.80. The molecule has 4 heteroatoms. The number of hydrogen-bond acceptors (Lipinski definition) is 2. The first-order chi connectivity index (χ1) is 9.56. The van der Waals surface area contributed by atoms with Crippen LogP contribution in [0.1, 0.15) is 6.42 Å². The number of quaternary nitrogens is 2. The summed E-state index contributed by atoms with van der Waals surface area (Å²) < 4.78 is 2.03. The second-order valence-corrected chi connectivity index (χ2v) is 8.38. The lowest BCUT2D eigenvalue weighted by atomic mass is 10.1. The topological polar surface area (TPSA) is 29.3 Å². The van der Waals surface area contributed by atoms with Gasteiger partial charge in [-0.1, -0.05) is 0 Å². The SMILES string of the molecule is C[N+](C)(C)CC1CC([N+](C)(C)C)CN1c1ccc(N)cc1. The maximum Gasteiger partial charge on any atom is 0.108 e. The fourth-order valence-corrected chi connectivity index (χ4v) is 3.24. The van der Waals surface area contributed by atoms with Crippen LogP contribution >= 0.6 is 0 Å². The molecule has 1 aliphatic heterocycles. The van der Waals surface area contributed by atoms with Crippen LogP contribution in [0.2, 0.25) is 0 Å². The summed E-state index contributed by atoms with van der Waals surface area (Å²) in [6.45, 7) is 2.29. The van der Waals surface area contributed by atoms with E-state index in [0.29, 0.717) is 12.1 Å². The number of likely N-dealkylation sites (N-methyl/N-ethyl adjacent to an activating group) is 2. The van der Waals surface area contributed by atoms with Crippen molar-refractivity contribution in [1.29, 1.82) is 0 Å². The lowest BCUT2D eigenvalue weighted by Crippen LogP contribution is -2.46. The van der Waals surface area contributed by atoms with Crippen LogP contribution in [0.4, 0.5) is 11.4 Å². The summed E-state index contributed by atoms with van der Waals surface area (Å²) in [6.07, 6.45) is 1.25. The van der Waals surface area contributed by atoms with E-state index in [4.69, 9.17) is 5.73 Å². The quantitative estimate of drug-likeness (QED) is 0.675. The van der Waals surface area contributed by atoms with Crippen molar-refractivity contribution in [3.63, 3.8) is 0 Å². The maximum atomic E-state index is 5.83. The van der Waals surface area contributed by atoms with Gasteiger partial charge < -0.3 is 19.6 Å². The van der Waals surface area contributed by atoms with E-state index < -0.39 is 0 Å². The Kier molecular flexibility index (Phi) is 4.22. The van der Waals surface area contributed by atoms with Gasteiger partial charge in [0, 0.05) is 17.8 Å². The molecular formula is C17H32N4+2. The fourth-order valence-electron chi connectivity index (χ4n) is 3.24. The standard InChI is InChI=1S/C17H32N4/c1-20(2,3)13-16-11-17(21(4,5)6)12-19(16)15-9-7-14(18)8-10-15/h7-10,16-17H,11-13,18H2,1-6H3/q+2. The highest BCUT2D eigenvalue weighted by molar-refractivity contribution is 5.54. The third-order valence-corrected chi connectivity index (χ3v) is 4.47. The fraction of sp³-hybridized carbons (Fsp3) is 0.647. The van der Waals surface area contributed by atoms with Gasteiger partial charge in [-0.25, -0.2) is 0 Å². The second kappa shape index (κ2) is 5.50. The first-order valence-electron chi connectivity index (χ1n) is 7.80. The lowest BCUT2D eigenvalue weighted by Gasteiger charge is -2.33. The van der Waals surface area contributed by atoms with E-state index in [1.165, 1.54) is 18.7 Å². The average molecular weight is 292 g/mol. The second-order valence-electron chi connectivity index (χ2n) is 8.38. The Morgan fingerprint density at radius 1 is 1.05 bits per heavy atom. The molecule has 1 aromatic carbocycles. The third kappa shape index (κ3) is 4.11. The smallest absolute Gasteiger partial charge is 0.108 e. The predicted octanol–water partition coefficient (Wildman–Crippen LogP) is 1.63. The third-order valence-electron chi connectivity index (χ3n) is 4.47. The highest BCUT2D eigenvalue weighted by atomic mass is 15.4. The molecule has 118 valence electrons. The van der Waals surface area contributed by atoms with Crippen molar-refractivity contribution >= 4 is 11.4 Å². The van der Waals surface area contributed by atoms with E-state index in [1.54, 1.807) is 0 Å². The molecule has 0 aromatic heterocycles. The van der Waals surface area contributed by atoms with Crippen LogP contribution in [0, 0.1) is 0 Å². The van der Waals surface area contributed by atoms with Crippen molar-refractivity contribution in [2.24, 2.45) is 0 Å². The summed E-state index contributed by atoms with van der Waals surface area (Å²) >= 11 is 0. The minimum Gasteiger partial charge on any atom is -0.399 e. The Morgan fingerprint density at radius 3 is 2.10 bits per heavy atom. The number of anilines is 2. The molecule has 1 fully saturated rings. The van der Waals surface area contributed by atoms with E-state index in [2.05, 4.69) is 59.3 Å². The number of nitrogen functional groups attached to an aromatic ring is 1. The summed E-state index contributed by atoms with van der Waals surface area (Å²) in [5, 5.41) is 0.